The Hall–Kier alpha value is -1.72. The van der Waals surface area contributed by atoms with Crippen LogP contribution in [0.25, 0.3) is 0 Å². The van der Waals surface area contributed by atoms with Gasteiger partial charge >= 0.3 is 12.8 Å². The summed E-state index contributed by atoms with van der Waals surface area (Å²) in [5.74, 6) is 0. The molecule has 0 radical (unpaired) electrons. The first-order valence-electron chi connectivity index (χ1n) is 3.31. The second-order valence-corrected chi connectivity index (χ2v) is 1.68. The fourth-order valence-electron chi connectivity index (χ4n) is 0.385. The van der Waals surface area contributed by atoms with Crippen LogP contribution in [0.1, 0.15) is 0 Å². The van der Waals surface area contributed by atoms with Gasteiger partial charge in [0.05, 0.1) is 0 Å². The molecule has 0 aromatic heterocycles. The summed E-state index contributed by atoms with van der Waals surface area (Å²) in [6, 6.07) is 12.0. The zero-order chi connectivity index (χ0) is 11.4. The lowest BCUT2D eigenvalue weighted by Gasteiger charge is -1.69. The smallest absolute Gasteiger partial charge is 0.450 e. The molecule has 0 aliphatic rings. The van der Waals surface area contributed by atoms with Gasteiger partial charge in [-0.15, -0.1) is 0 Å². The molecule has 80 valence electrons. The minimum atomic E-state index is -3.67. The maximum atomic E-state index is 9.67. The number of halogens is 3. The van der Waals surface area contributed by atoms with E-state index in [0.717, 1.165) is 0 Å². The molecule has 0 bridgehead atoms. The summed E-state index contributed by atoms with van der Waals surface area (Å²) in [5.41, 5.74) is 0. The van der Waals surface area contributed by atoms with E-state index >= 15 is 0 Å². The van der Waals surface area contributed by atoms with E-state index in [1.165, 1.54) is 0 Å². The highest BCUT2D eigenvalue weighted by Crippen LogP contribution is 1.87. The van der Waals surface area contributed by atoms with E-state index in [1.54, 1.807) is 0 Å². The van der Waals surface area contributed by atoms with E-state index in [-0.39, 0.29) is 0 Å². The predicted octanol–water partition coefficient (Wildman–Crippen LogP) is 3.09. The zero-order valence-electron chi connectivity index (χ0n) is 6.98. The van der Waals surface area contributed by atoms with Crippen molar-refractivity contribution in [2.45, 2.75) is 6.68 Å². The molecule has 0 unspecified atom stereocenters. The molecule has 0 aliphatic heterocycles. The van der Waals surface area contributed by atoms with Gasteiger partial charge in [-0.25, -0.2) is 4.79 Å². The molecule has 1 aromatic carbocycles. The first kappa shape index (κ1) is 14.8. The van der Waals surface area contributed by atoms with Crippen molar-refractivity contribution in [2.24, 2.45) is 0 Å². The molecule has 0 fully saturated rings. The van der Waals surface area contributed by atoms with Gasteiger partial charge in [-0.2, -0.15) is 13.2 Å². The molecule has 0 aliphatic carbocycles. The van der Waals surface area contributed by atoms with Crippen LogP contribution in [0.5, 0.6) is 0 Å². The fourth-order valence-corrected chi connectivity index (χ4v) is 0.385. The highest BCUT2D eigenvalue weighted by molar-refractivity contribution is 5.53. The quantitative estimate of drug-likeness (QED) is 0.691. The highest BCUT2D eigenvalue weighted by Gasteiger charge is 1.86. The molecule has 0 atom stereocenters. The first-order valence-corrected chi connectivity index (χ1v) is 3.31. The maximum absolute atomic E-state index is 9.67. The monoisotopic (exact) mass is 210 g/mol. The van der Waals surface area contributed by atoms with Gasteiger partial charge in [0.1, 0.15) is 0 Å². The second-order valence-electron chi connectivity index (χ2n) is 1.68. The number of hydrogen-bond acceptors (Lipinski definition) is 1. The maximum Gasteiger partial charge on any atom is 0.503 e. The number of benzene rings is 1. The summed E-state index contributed by atoms with van der Waals surface area (Å²) in [6.07, 6.45) is -1.83. The molecule has 0 spiro atoms. The van der Waals surface area contributed by atoms with Crippen LogP contribution in [0.2, 0.25) is 0 Å². The largest absolute Gasteiger partial charge is 0.503 e. The molecule has 2 N–H and O–H groups in total. The number of carbonyl (C=O) groups is 1. The van der Waals surface area contributed by atoms with Crippen LogP contribution >= 0.6 is 0 Å². The van der Waals surface area contributed by atoms with Crippen molar-refractivity contribution in [2.75, 3.05) is 0 Å². The van der Waals surface area contributed by atoms with Crippen LogP contribution in [0, 0.1) is 0 Å². The third kappa shape index (κ3) is 48.3. The summed E-state index contributed by atoms with van der Waals surface area (Å²) in [4.78, 5) is 8.56. The summed E-state index contributed by atoms with van der Waals surface area (Å²) in [6.45, 7) is -3.67. The Balaban J connectivity index is 0. The van der Waals surface area contributed by atoms with Crippen molar-refractivity contribution in [3.05, 3.63) is 36.4 Å². The lowest BCUT2D eigenvalue weighted by Crippen LogP contribution is -1.81. The average Bonchev–Trinajstić information content (AvgIpc) is 2.05. The van der Waals surface area contributed by atoms with Crippen LogP contribution in [-0.2, 0) is 0 Å². The van der Waals surface area contributed by atoms with Crippen molar-refractivity contribution in [1.82, 2.24) is 0 Å². The van der Waals surface area contributed by atoms with Crippen LogP contribution in [-0.4, -0.2) is 23.0 Å². The van der Waals surface area contributed by atoms with E-state index in [9.17, 15) is 13.2 Å². The van der Waals surface area contributed by atoms with Crippen LogP contribution in [0.15, 0.2) is 36.4 Å². The van der Waals surface area contributed by atoms with E-state index < -0.39 is 12.8 Å². The first-order chi connectivity index (χ1) is 6.46. The van der Waals surface area contributed by atoms with E-state index in [0.29, 0.717) is 0 Å². The summed E-state index contributed by atoms with van der Waals surface area (Å²) in [7, 11) is 0. The van der Waals surface area contributed by atoms with Crippen molar-refractivity contribution in [3.63, 3.8) is 0 Å². The Morgan fingerprint density at radius 2 is 0.929 bits per heavy atom. The van der Waals surface area contributed by atoms with Gasteiger partial charge in [-0.05, 0) is 0 Å². The molecule has 0 heterocycles. The van der Waals surface area contributed by atoms with E-state index in [4.69, 9.17) is 15.0 Å². The van der Waals surface area contributed by atoms with Crippen molar-refractivity contribution in [3.8, 4) is 0 Å². The number of hydrogen-bond donors (Lipinski definition) is 2. The zero-order valence-corrected chi connectivity index (χ0v) is 6.98. The molecule has 1 aromatic rings. The highest BCUT2D eigenvalue weighted by atomic mass is 19.4. The lowest BCUT2D eigenvalue weighted by molar-refractivity contribution is 0.00818. The molecule has 6 heteroatoms. The Morgan fingerprint density at radius 1 is 0.857 bits per heavy atom. The summed E-state index contributed by atoms with van der Waals surface area (Å²) in [5, 5.41) is 13.9. The Morgan fingerprint density at radius 3 is 1.00 bits per heavy atom. The fraction of sp³-hybridized carbons (Fsp3) is 0.125. The minimum Gasteiger partial charge on any atom is -0.450 e. The van der Waals surface area contributed by atoms with Gasteiger partial charge in [0, 0.05) is 0 Å². The summed E-state index contributed by atoms with van der Waals surface area (Å²) >= 11 is 0. The molecule has 3 nitrogen and oxygen atoms in total. The predicted molar refractivity (Wildman–Crippen MR) is 44.2 cm³/mol. The molecule has 0 saturated carbocycles. The molecular formula is C8H9F3O3. The van der Waals surface area contributed by atoms with Crippen molar-refractivity contribution in [1.29, 1.82) is 0 Å². The molecule has 0 saturated heterocycles. The van der Waals surface area contributed by atoms with Gasteiger partial charge < -0.3 is 10.2 Å². The second kappa shape index (κ2) is 11.3. The van der Waals surface area contributed by atoms with Crippen molar-refractivity contribution >= 4 is 6.16 Å². The topological polar surface area (TPSA) is 57.5 Å². The van der Waals surface area contributed by atoms with E-state index in [2.05, 4.69) is 0 Å². The number of carboxylic acid groups (broad SMARTS) is 2. The third-order valence-electron chi connectivity index (χ3n) is 0.667. The lowest BCUT2D eigenvalue weighted by atomic mass is 10.4. The minimum absolute atomic E-state index is 1.83. The Kier molecular flexibility index (Phi) is 11.9. The molecule has 0 amide bonds. The average molecular weight is 210 g/mol. The Bertz CT molecular complexity index is 183. The van der Waals surface area contributed by atoms with Crippen LogP contribution in [0.3, 0.4) is 0 Å². The normalized spacial score (nSPS) is 7.71. The van der Waals surface area contributed by atoms with Gasteiger partial charge in [-0.1, -0.05) is 36.4 Å². The van der Waals surface area contributed by atoms with Gasteiger partial charge in [-0.3, -0.25) is 0 Å². The SMILES string of the molecule is FC(F)F.O=C(O)O.c1ccccc1. The van der Waals surface area contributed by atoms with Crippen LogP contribution < -0.4 is 0 Å². The summed E-state index contributed by atoms with van der Waals surface area (Å²) < 4.78 is 29.0. The van der Waals surface area contributed by atoms with Crippen LogP contribution in [0.4, 0.5) is 18.0 Å². The van der Waals surface area contributed by atoms with Gasteiger partial charge in [0.25, 0.3) is 0 Å². The van der Waals surface area contributed by atoms with Gasteiger partial charge in [0.2, 0.25) is 0 Å². The molecule has 14 heavy (non-hydrogen) atoms. The number of alkyl halides is 3. The molecular weight excluding hydrogens is 201 g/mol. The van der Waals surface area contributed by atoms with Crippen molar-refractivity contribution < 1.29 is 28.2 Å². The standard InChI is InChI=1S/C6H6.CHF3.CH2O3/c1-2-4-6-5-3-1;2*2-1(3)4/h1-6H;1H;(H2,2,3,4). The third-order valence-corrected chi connectivity index (χ3v) is 0.667. The van der Waals surface area contributed by atoms with Gasteiger partial charge in [0.15, 0.2) is 0 Å². The Labute approximate surface area is 78.4 Å². The molecule has 1 rings (SSSR count). The number of rotatable bonds is 0. The van der Waals surface area contributed by atoms with E-state index in [1.807, 2.05) is 36.4 Å².